The van der Waals surface area contributed by atoms with Gasteiger partial charge in [0.15, 0.2) is 5.78 Å². The van der Waals surface area contributed by atoms with Crippen molar-refractivity contribution in [2.45, 2.75) is 125 Å². The molecule has 9 atom stereocenters. The van der Waals surface area contributed by atoms with Crippen LogP contribution in [0.2, 0.25) is 0 Å². The van der Waals surface area contributed by atoms with Gasteiger partial charge in [0, 0.05) is 47.5 Å². The van der Waals surface area contributed by atoms with E-state index in [1.165, 1.54) is 0 Å². The van der Waals surface area contributed by atoms with Gasteiger partial charge in [-0.3, -0.25) is 19.2 Å². The van der Waals surface area contributed by atoms with Crippen molar-refractivity contribution in [3.63, 3.8) is 0 Å². The second-order valence-corrected chi connectivity index (χ2v) is 15.1. The molecule has 4 aliphatic rings. The first-order valence-corrected chi connectivity index (χ1v) is 15.8. The first kappa shape index (κ1) is 32.1. The average molecular weight is 573 g/mol. The highest BCUT2D eigenvalue weighted by molar-refractivity contribution is 6.01. The summed E-state index contributed by atoms with van der Waals surface area (Å²) in [6.45, 7) is 16.2. The van der Waals surface area contributed by atoms with E-state index in [1.54, 1.807) is 6.92 Å². The zero-order valence-corrected chi connectivity index (χ0v) is 26.5. The first-order chi connectivity index (χ1) is 19.0. The van der Waals surface area contributed by atoms with Crippen molar-refractivity contribution in [1.82, 2.24) is 0 Å². The van der Waals surface area contributed by atoms with Crippen molar-refractivity contribution in [3.05, 3.63) is 11.1 Å². The number of aliphatic hydroxyl groups excluding tert-OH is 2. The number of unbranched alkanes of at least 4 members (excludes halogenated alkanes) is 1. The van der Waals surface area contributed by atoms with E-state index in [-0.39, 0.29) is 60.3 Å². The molecule has 2 saturated carbocycles. The average Bonchev–Trinajstić information content (AvgIpc) is 3.08. The van der Waals surface area contributed by atoms with Crippen molar-refractivity contribution in [2.75, 3.05) is 6.61 Å². The van der Waals surface area contributed by atoms with Crippen LogP contribution in [0.3, 0.4) is 0 Å². The van der Waals surface area contributed by atoms with E-state index < -0.39 is 39.8 Å². The van der Waals surface area contributed by atoms with Crippen LogP contribution >= 0.6 is 0 Å². The van der Waals surface area contributed by atoms with Crippen molar-refractivity contribution in [1.29, 1.82) is 0 Å². The third-order valence-corrected chi connectivity index (χ3v) is 12.3. The molecule has 0 unspecified atom stereocenters. The fourth-order valence-corrected chi connectivity index (χ4v) is 9.66. The second-order valence-electron chi connectivity index (χ2n) is 15.1. The molecule has 2 fully saturated rings. The highest BCUT2D eigenvalue weighted by Gasteiger charge is 2.70. The van der Waals surface area contributed by atoms with Gasteiger partial charge in [0.2, 0.25) is 0 Å². The third kappa shape index (κ3) is 4.87. The molecule has 0 aromatic heterocycles. The van der Waals surface area contributed by atoms with E-state index in [0.29, 0.717) is 43.4 Å². The molecule has 0 aliphatic heterocycles. The molecule has 7 nitrogen and oxygen atoms in total. The Morgan fingerprint density at radius 2 is 1.68 bits per heavy atom. The highest BCUT2D eigenvalue weighted by Crippen LogP contribution is 2.71. The van der Waals surface area contributed by atoms with Crippen LogP contribution in [0.15, 0.2) is 11.1 Å². The minimum Gasteiger partial charge on any atom is -0.465 e. The summed E-state index contributed by atoms with van der Waals surface area (Å²) < 4.78 is 5.29. The van der Waals surface area contributed by atoms with Gasteiger partial charge >= 0.3 is 5.97 Å². The summed E-state index contributed by atoms with van der Waals surface area (Å²) in [5.41, 5.74) is -1.31. The monoisotopic (exact) mass is 572 g/mol. The Hall–Kier alpha value is -1.86. The molecule has 0 aromatic rings. The van der Waals surface area contributed by atoms with Gasteiger partial charge in [0.25, 0.3) is 0 Å². The topological polar surface area (TPSA) is 118 Å². The molecule has 2 N–H and O–H groups in total. The summed E-state index contributed by atoms with van der Waals surface area (Å²) >= 11 is 0. The van der Waals surface area contributed by atoms with Crippen LogP contribution in [0.4, 0.5) is 0 Å². The summed E-state index contributed by atoms with van der Waals surface area (Å²) in [5.74, 6) is -1.06. The Bertz CT molecular complexity index is 1140. The van der Waals surface area contributed by atoms with Gasteiger partial charge in [-0.25, -0.2) is 0 Å². The normalized spacial score (nSPS) is 39.5. The Morgan fingerprint density at radius 1 is 1.02 bits per heavy atom. The lowest BCUT2D eigenvalue weighted by Crippen LogP contribution is -2.60. The molecular formula is C34H52O7. The second kappa shape index (κ2) is 11.0. The minimum absolute atomic E-state index is 0.0115. The summed E-state index contributed by atoms with van der Waals surface area (Å²) in [6.07, 6.45) is 2.48. The summed E-state index contributed by atoms with van der Waals surface area (Å²) in [6, 6.07) is 0. The van der Waals surface area contributed by atoms with Gasteiger partial charge in [-0.15, -0.1) is 0 Å². The minimum atomic E-state index is -0.910. The maximum Gasteiger partial charge on any atom is 0.309 e. The maximum atomic E-state index is 14.2. The predicted octanol–water partition coefficient (Wildman–Crippen LogP) is 5.39. The molecule has 0 amide bonds. The molecule has 0 radical (unpaired) electrons. The standard InChI is InChI=1S/C34H52O7/c1-9-10-13-41-30(40)20(3)15-21(35)14-19(2)22-16-27(39)34(8)29-23(36)17-25-31(4,5)26(38)11-12-32(25,6)28(29)24(37)18-33(22,34)7/h19-20,22-23,25,27,36,39H,9-18H2,1-8H3/t19-,20-,22-,23+,25+,27+,32+,33-,34+/m1/s1. The number of hydrogen-bond acceptors (Lipinski definition) is 7. The molecule has 0 aromatic carbocycles. The van der Waals surface area contributed by atoms with Crippen molar-refractivity contribution in [2.24, 2.45) is 45.3 Å². The van der Waals surface area contributed by atoms with Gasteiger partial charge in [0.05, 0.1) is 24.7 Å². The number of Topliss-reactive ketones (excluding diaryl/α,β-unsaturated/α-hetero) is 3. The van der Waals surface area contributed by atoms with E-state index in [9.17, 15) is 29.4 Å². The number of hydrogen-bond donors (Lipinski definition) is 2. The van der Waals surface area contributed by atoms with Crippen LogP contribution in [0.5, 0.6) is 0 Å². The van der Waals surface area contributed by atoms with Crippen LogP contribution < -0.4 is 0 Å². The molecule has 0 spiro atoms. The molecule has 0 saturated heterocycles. The van der Waals surface area contributed by atoms with Crippen LogP contribution in [-0.4, -0.2) is 52.3 Å². The van der Waals surface area contributed by atoms with E-state index in [0.717, 1.165) is 12.8 Å². The van der Waals surface area contributed by atoms with Gasteiger partial charge in [-0.05, 0) is 54.4 Å². The SMILES string of the molecule is CCCCOC(=O)[C@H](C)CC(=O)C[C@@H](C)[C@H]1C[C@H](O)[C@@]2(C)C3=C(C(=O)C[C@]12C)[C@@]1(C)CCC(=O)C(C)(C)[C@@H]1C[C@@H]3O. The number of allylic oxidation sites excluding steroid dienone is 1. The molecule has 4 rings (SSSR count). The Balaban J connectivity index is 1.61. The fourth-order valence-electron chi connectivity index (χ4n) is 9.66. The molecule has 0 bridgehead atoms. The highest BCUT2D eigenvalue weighted by atomic mass is 16.5. The number of rotatable bonds is 9. The lowest BCUT2D eigenvalue weighted by Gasteiger charge is -2.61. The van der Waals surface area contributed by atoms with Gasteiger partial charge in [-0.1, -0.05) is 61.8 Å². The summed E-state index contributed by atoms with van der Waals surface area (Å²) in [5, 5.41) is 23.4. The van der Waals surface area contributed by atoms with E-state index in [1.807, 2.05) is 34.6 Å². The molecule has 0 heterocycles. The quantitative estimate of drug-likeness (QED) is 0.281. The van der Waals surface area contributed by atoms with E-state index >= 15 is 0 Å². The van der Waals surface area contributed by atoms with Gasteiger partial charge in [0.1, 0.15) is 11.6 Å². The largest absolute Gasteiger partial charge is 0.465 e. The van der Waals surface area contributed by atoms with Crippen LogP contribution in [-0.2, 0) is 23.9 Å². The molecule has 7 heteroatoms. The van der Waals surface area contributed by atoms with Crippen LogP contribution in [0.25, 0.3) is 0 Å². The number of ether oxygens (including phenoxy) is 1. The predicted molar refractivity (Wildman–Crippen MR) is 156 cm³/mol. The Kier molecular flexibility index (Phi) is 8.61. The fraction of sp³-hybridized carbons (Fsp3) is 0.824. The summed E-state index contributed by atoms with van der Waals surface area (Å²) in [4.78, 5) is 52.5. The van der Waals surface area contributed by atoms with Crippen LogP contribution in [0, 0.1) is 45.3 Å². The molecule has 41 heavy (non-hydrogen) atoms. The van der Waals surface area contributed by atoms with E-state index in [2.05, 4.69) is 13.8 Å². The number of fused-ring (bicyclic) bond motifs is 4. The number of carbonyl (C=O) groups excluding carboxylic acids is 4. The van der Waals surface area contributed by atoms with E-state index in [4.69, 9.17) is 4.74 Å². The lowest BCUT2D eigenvalue weighted by atomic mass is 9.42. The Morgan fingerprint density at radius 3 is 2.32 bits per heavy atom. The van der Waals surface area contributed by atoms with Crippen LogP contribution in [0.1, 0.15) is 113 Å². The third-order valence-electron chi connectivity index (χ3n) is 12.3. The summed E-state index contributed by atoms with van der Waals surface area (Å²) in [7, 11) is 0. The lowest BCUT2D eigenvalue weighted by molar-refractivity contribution is -0.149. The number of esters is 1. The maximum absolute atomic E-state index is 14.2. The molecule has 4 aliphatic carbocycles. The van der Waals surface area contributed by atoms with Crippen molar-refractivity contribution in [3.8, 4) is 0 Å². The Labute approximate surface area is 245 Å². The number of ketones is 3. The van der Waals surface area contributed by atoms with Gasteiger partial charge in [-0.2, -0.15) is 0 Å². The molecule has 230 valence electrons. The van der Waals surface area contributed by atoms with Crippen molar-refractivity contribution < 1.29 is 34.1 Å². The zero-order chi connectivity index (χ0) is 30.7. The molecular weight excluding hydrogens is 520 g/mol. The van der Waals surface area contributed by atoms with Crippen molar-refractivity contribution >= 4 is 23.3 Å². The first-order valence-electron chi connectivity index (χ1n) is 15.8. The smallest absolute Gasteiger partial charge is 0.309 e. The number of aliphatic hydroxyl groups is 2. The van der Waals surface area contributed by atoms with Gasteiger partial charge < -0.3 is 14.9 Å². The number of carbonyl (C=O) groups is 4. The zero-order valence-electron chi connectivity index (χ0n) is 26.5.